The van der Waals surface area contributed by atoms with Crippen LogP contribution in [0.2, 0.25) is 5.02 Å². The molecular weight excluding hydrogens is 345 g/mol. The van der Waals surface area contributed by atoms with Crippen LogP contribution in [0.1, 0.15) is 31.2 Å². The van der Waals surface area contributed by atoms with Crippen molar-refractivity contribution in [1.29, 1.82) is 5.26 Å². The van der Waals surface area contributed by atoms with Crippen LogP contribution in [-0.4, -0.2) is 21.0 Å². The predicted molar refractivity (Wildman–Crippen MR) is 88.5 cm³/mol. The number of nitrogens with two attached hydrogens (primary N) is 1. The van der Waals surface area contributed by atoms with E-state index < -0.39 is 10.0 Å². The van der Waals surface area contributed by atoms with Crippen molar-refractivity contribution in [3.8, 4) is 6.07 Å². The molecule has 8 heteroatoms. The summed E-state index contributed by atoms with van der Waals surface area (Å²) >= 11 is 5.89. The highest BCUT2D eigenvalue weighted by Gasteiger charge is 2.28. The summed E-state index contributed by atoms with van der Waals surface area (Å²) in [5.41, 5.74) is 5.97. The molecule has 1 aliphatic rings. The summed E-state index contributed by atoms with van der Waals surface area (Å²) in [5, 5.41) is 8.95. The predicted octanol–water partition coefficient (Wildman–Crippen LogP) is 2.43. The van der Waals surface area contributed by atoms with Gasteiger partial charge in [0.15, 0.2) is 0 Å². The zero-order chi connectivity index (χ0) is 15.5. The molecule has 1 fully saturated rings. The van der Waals surface area contributed by atoms with Gasteiger partial charge in [-0.25, -0.2) is 13.1 Å². The van der Waals surface area contributed by atoms with Gasteiger partial charge in [-0.05, 0) is 37.0 Å². The smallest absolute Gasteiger partial charge is 0.240 e. The molecule has 0 radical (unpaired) electrons. The van der Waals surface area contributed by atoms with Gasteiger partial charge < -0.3 is 5.73 Å². The number of sulfonamides is 1. The second-order valence-corrected chi connectivity index (χ2v) is 7.38. The zero-order valence-corrected chi connectivity index (χ0v) is 14.3. The van der Waals surface area contributed by atoms with E-state index in [1.165, 1.54) is 18.2 Å². The molecule has 3 N–H and O–H groups in total. The van der Waals surface area contributed by atoms with E-state index in [1.807, 2.05) is 6.07 Å². The topological polar surface area (TPSA) is 96.0 Å². The van der Waals surface area contributed by atoms with Crippen molar-refractivity contribution in [2.45, 2.75) is 36.6 Å². The molecule has 5 nitrogen and oxygen atoms in total. The van der Waals surface area contributed by atoms with Crippen LogP contribution in [0.25, 0.3) is 0 Å². The average molecular weight is 364 g/mol. The molecule has 0 spiro atoms. The number of rotatable bonds is 5. The molecule has 22 heavy (non-hydrogen) atoms. The van der Waals surface area contributed by atoms with Gasteiger partial charge in [0, 0.05) is 12.6 Å². The lowest BCUT2D eigenvalue weighted by Crippen LogP contribution is -2.44. The molecule has 0 heterocycles. The monoisotopic (exact) mass is 363 g/mol. The van der Waals surface area contributed by atoms with Crippen LogP contribution in [0.15, 0.2) is 23.1 Å². The number of nitriles is 1. The minimum absolute atomic E-state index is 0. The molecule has 0 saturated heterocycles. The fourth-order valence-corrected chi connectivity index (χ4v) is 4.35. The molecule has 2 rings (SSSR count). The molecule has 1 aliphatic carbocycles. The summed E-state index contributed by atoms with van der Waals surface area (Å²) in [6.45, 7) is 0.272. The molecule has 1 aromatic rings. The first-order chi connectivity index (χ1) is 9.97. The van der Waals surface area contributed by atoms with Crippen LogP contribution in [0.3, 0.4) is 0 Å². The summed E-state index contributed by atoms with van der Waals surface area (Å²) in [7, 11) is -3.68. The van der Waals surface area contributed by atoms with Gasteiger partial charge in [-0.15, -0.1) is 12.4 Å². The first-order valence-electron chi connectivity index (χ1n) is 6.90. The van der Waals surface area contributed by atoms with Gasteiger partial charge in [0.2, 0.25) is 10.0 Å². The summed E-state index contributed by atoms with van der Waals surface area (Å²) in [6.07, 6.45) is 4.23. The Morgan fingerprint density at radius 2 is 2.05 bits per heavy atom. The highest BCUT2D eigenvalue weighted by atomic mass is 35.5. The fraction of sp³-hybridized carbons (Fsp3) is 0.500. The summed E-state index contributed by atoms with van der Waals surface area (Å²) in [4.78, 5) is 0.0583. The summed E-state index contributed by atoms with van der Waals surface area (Å²) < 4.78 is 27.5. The Labute approximate surface area is 142 Å². The third-order valence-electron chi connectivity index (χ3n) is 3.90. The van der Waals surface area contributed by atoms with E-state index in [1.54, 1.807) is 0 Å². The van der Waals surface area contributed by atoms with Gasteiger partial charge in [0.1, 0.15) is 6.07 Å². The lowest BCUT2D eigenvalue weighted by molar-refractivity contribution is 0.405. The molecular formula is C14H19Cl2N3O2S. The van der Waals surface area contributed by atoms with E-state index in [4.69, 9.17) is 22.6 Å². The Hall–Kier alpha value is -0.840. The van der Waals surface area contributed by atoms with E-state index in [2.05, 4.69) is 4.72 Å². The van der Waals surface area contributed by atoms with Crippen molar-refractivity contribution in [2.75, 3.05) is 6.54 Å². The number of hydrogen-bond donors (Lipinski definition) is 2. The Balaban J connectivity index is 0.00000242. The molecule has 1 saturated carbocycles. The number of nitrogens with zero attached hydrogens (tertiary/aromatic N) is 1. The van der Waals surface area contributed by atoms with E-state index in [0.717, 1.165) is 25.7 Å². The van der Waals surface area contributed by atoms with E-state index in [9.17, 15) is 8.42 Å². The normalized spacial score (nSPS) is 16.8. The third kappa shape index (κ3) is 4.34. The van der Waals surface area contributed by atoms with E-state index in [0.29, 0.717) is 5.92 Å². The SMILES string of the molecule is Cl.N#Cc1ccc(S(=O)(=O)NC(CN)C2CCCC2)cc1Cl. The van der Waals surface area contributed by atoms with Crippen LogP contribution < -0.4 is 10.5 Å². The van der Waals surface area contributed by atoms with Crippen molar-refractivity contribution in [3.63, 3.8) is 0 Å². The highest BCUT2D eigenvalue weighted by molar-refractivity contribution is 7.89. The summed E-state index contributed by atoms with van der Waals surface area (Å²) in [5.74, 6) is 0.290. The largest absolute Gasteiger partial charge is 0.329 e. The van der Waals surface area contributed by atoms with Gasteiger partial charge in [-0.2, -0.15) is 5.26 Å². The molecule has 0 amide bonds. The number of benzene rings is 1. The second-order valence-electron chi connectivity index (χ2n) is 5.26. The lowest BCUT2D eigenvalue weighted by atomic mass is 9.99. The molecule has 1 aromatic carbocycles. The molecule has 1 unspecified atom stereocenters. The van der Waals surface area contributed by atoms with Crippen LogP contribution in [0.4, 0.5) is 0 Å². The number of halogens is 2. The number of nitrogens with one attached hydrogen (secondary N) is 1. The molecule has 122 valence electrons. The minimum atomic E-state index is -3.68. The van der Waals surface area contributed by atoms with Gasteiger partial charge >= 0.3 is 0 Å². The Kier molecular flexibility index (Phi) is 7.10. The first-order valence-corrected chi connectivity index (χ1v) is 8.76. The molecule has 0 bridgehead atoms. The minimum Gasteiger partial charge on any atom is -0.329 e. The van der Waals surface area contributed by atoms with E-state index >= 15 is 0 Å². The van der Waals surface area contributed by atoms with Crippen molar-refractivity contribution < 1.29 is 8.42 Å². The van der Waals surface area contributed by atoms with Gasteiger partial charge in [-0.1, -0.05) is 24.4 Å². The fourth-order valence-electron chi connectivity index (χ4n) is 2.72. The Morgan fingerprint density at radius 3 is 2.55 bits per heavy atom. The van der Waals surface area contributed by atoms with Crippen LogP contribution >= 0.6 is 24.0 Å². The van der Waals surface area contributed by atoms with Gasteiger partial charge in [0.25, 0.3) is 0 Å². The molecule has 0 aliphatic heterocycles. The van der Waals surface area contributed by atoms with Crippen LogP contribution in [-0.2, 0) is 10.0 Å². The lowest BCUT2D eigenvalue weighted by Gasteiger charge is -2.23. The zero-order valence-electron chi connectivity index (χ0n) is 12.0. The third-order valence-corrected chi connectivity index (χ3v) is 5.70. The maximum absolute atomic E-state index is 12.4. The molecule has 1 atom stereocenters. The second kappa shape index (κ2) is 8.14. The maximum atomic E-state index is 12.4. The van der Waals surface area contributed by atoms with Crippen molar-refractivity contribution in [2.24, 2.45) is 11.7 Å². The van der Waals surface area contributed by atoms with E-state index in [-0.39, 0.29) is 40.5 Å². The highest BCUT2D eigenvalue weighted by Crippen LogP contribution is 2.28. The van der Waals surface area contributed by atoms with Crippen LogP contribution in [0, 0.1) is 17.2 Å². The van der Waals surface area contributed by atoms with Gasteiger partial charge in [-0.3, -0.25) is 0 Å². The molecule has 0 aromatic heterocycles. The summed E-state index contributed by atoms with van der Waals surface area (Å²) in [6, 6.07) is 5.73. The first kappa shape index (κ1) is 19.2. The van der Waals surface area contributed by atoms with Crippen LogP contribution in [0.5, 0.6) is 0 Å². The van der Waals surface area contributed by atoms with Crippen molar-refractivity contribution in [1.82, 2.24) is 4.72 Å². The van der Waals surface area contributed by atoms with Crippen molar-refractivity contribution in [3.05, 3.63) is 28.8 Å². The quantitative estimate of drug-likeness (QED) is 0.839. The Morgan fingerprint density at radius 1 is 1.41 bits per heavy atom. The maximum Gasteiger partial charge on any atom is 0.240 e. The average Bonchev–Trinajstić information content (AvgIpc) is 2.98. The standard InChI is InChI=1S/C14H18ClN3O2S.ClH/c15-13-7-12(6-5-11(13)8-16)21(19,20)18-14(9-17)10-3-1-2-4-10;/h5-7,10,14,18H,1-4,9,17H2;1H. The number of hydrogen-bond acceptors (Lipinski definition) is 4. The van der Waals surface area contributed by atoms with Gasteiger partial charge in [0.05, 0.1) is 15.5 Å². The Bertz CT molecular complexity index is 653. The van der Waals surface area contributed by atoms with Crippen molar-refractivity contribution >= 4 is 34.0 Å².